The lowest BCUT2D eigenvalue weighted by atomic mass is 10.1. The molecule has 4 aromatic heterocycles. The third-order valence-electron chi connectivity index (χ3n) is 7.71. The van der Waals surface area contributed by atoms with Gasteiger partial charge < -0.3 is 0 Å². The highest BCUT2D eigenvalue weighted by atomic mass is 32.1. The van der Waals surface area contributed by atoms with Crippen molar-refractivity contribution in [3.63, 3.8) is 0 Å². The number of benzene rings is 6. The van der Waals surface area contributed by atoms with Crippen molar-refractivity contribution in [3.05, 3.63) is 139 Å². The summed E-state index contributed by atoms with van der Waals surface area (Å²) in [6, 6.07) is 2.89. The van der Waals surface area contributed by atoms with Gasteiger partial charge in [-0.25, -0.2) is 0 Å². The lowest BCUT2D eigenvalue weighted by Gasteiger charge is -2.12. The number of aromatic nitrogens is 5. The van der Waals surface area contributed by atoms with Crippen molar-refractivity contribution < 1.29 is 21.9 Å². The molecule has 0 aliphatic carbocycles. The van der Waals surface area contributed by atoms with E-state index in [1.54, 1.807) is 12.1 Å². The Morgan fingerprint density at radius 3 is 1.47 bits per heavy atom. The molecule has 0 aliphatic rings. The summed E-state index contributed by atoms with van der Waals surface area (Å²) in [6.45, 7) is 0. The van der Waals surface area contributed by atoms with Crippen LogP contribution in [0.5, 0.6) is 0 Å². The lowest BCUT2D eigenvalue weighted by molar-refractivity contribution is 0.893. The zero-order valence-corrected chi connectivity index (χ0v) is 23.5. The Morgan fingerprint density at radius 2 is 0.933 bits per heavy atom. The number of para-hydroxylation sites is 4. The smallest absolute Gasteiger partial charge is 0.240 e. The van der Waals surface area contributed by atoms with Crippen molar-refractivity contribution in [3.8, 4) is 23.3 Å². The summed E-state index contributed by atoms with van der Waals surface area (Å²) < 4.78 is 144. The van der Waals surface area contributed by atoms with Crippen LogP contribution < -0.4 is 0 Å². The molecule has 5 nitrogen and oxygen atoms in total. The summed E-state index contributed by atoms with van der Waals surface area (Å²) in [6.07, 6.45) is 0. The van der Waals surface area contributed by atoms with E-state index in [0.29, 0.717) is 5.56 Å². The molecule has 0 atom stereocenters. The summed E-state index contributed by atoms with van der Waals surface area (Å²) in [7, 11) is 0. The van der Waals surface area contributed by atoms with Gasteiger partial charge in [0.25, 0.3) is 0 Å². The van der Waals surface area contributed by atoms with E-state index in [1.807, 2.05) is 30.3 Å². The van der Waals surface area contributed by atoms with Crippen molar-refractivity contribution in [2.45, 2.75) is 0 Å². The van der Waals surface area contributed by atoms with Crippen LogP contribution in [0.4, 0.5) is 0 Å². The van der Waals surface area contributed by atoms with Gasteiger partial charge >= 0.3 is 0 Å². The number of rotatable bonds is 3. The molecule has 0 saturated heterocycles. The second-order valence-corrected chi connectivity index (χ2v) is 11.2. The molecule has 10 rings (SSSR count). The molecule has 45 heavy (non-hydrogen) atoms. The molecule has 0 unspecified atom stereocenters. The first-order chi connectivity index (χ1) is 29.0. The van der Waals surface area contributed by atoms with Crippen LogP contribution in [0.15, 0.2) is 139 Å². The SMILES string of the molecule is [2H]c1c([2H])c([2H])c2c(c1[2H])c1c([2H])c([2H])c([2H])c([2H])c1n2-c1nc(-c2ccc3c(c2)sc2ccccc23)nc(-n2c3c([2H])c([2H])c([2H])c([2H])c3c3c([2H])c([2H])c([2H])c([2H])c32)n1. The summed E-state index contributed by atoms with van der Waals surface area (Å²) in [4.78, 5) is 14.3. The molecule has 4 heterocycles. The molecule has 10 aromatic rings. The first kappa shape index (κ1) is 13.8. The van der Waals surface area contributed by atoms with Crippen molar-refractivity contribution in [2.24, 2.45) is 0 Å². The molecule has 0 N–H and O–H groups in total. The van der Waals surface area contributed by atoms with Crippen molar-refractivity contribution in [1.82, 2.24) is 24.1 Å². The minimum Gasteiger partial charge on any atom is -0.278 e. The molecular formula is C39H23N5S. The minimum absolute atomic E-state index is 0.104. The number of hydrogen-bond acceptors (Lipinski definition) is 4. The Bertz CT molecular complexity index is 3350. The van der Waals surface area contributed by atoms with Gasteiger partial charge in [0.2, 0.25) is 11.9 Å². The molecular weight excluding hydrogens is 571 g/mol. The molecule has 0 saturated carbocycles. The van der Waals surface area contributed by atoms with Gasteiger partial charge in [-0.05, 0) is 36.3 Å². The van der Waals surface area contributed by atoms with E-state index < -0.39 is 109 Å². The molecule has 0 spiro atoms. The maximum absolute atomic E-state index is 9.09. The predicted molar refractivity (Wildman–Crippen MR) is 187 cm³/mol. The Kier molecular flexibility index (Phi) is 2.87. The van der Waals surface area contributed by atoms with E-state index in [9.17, 15) is 0 Å². The Hall–Kier alpha value is -5.85. The van der Waals surface area contributed by atoms with E-state index in [-0.39, 0.29) is 49.4 Å². The van der Waals surface area contributed by atoms with Gasteiger partial charge in [0.15, 0.2) is 5.82 Å². The van der Waals surface area contributed by atoms with Crippen molar-refractivity contribution in [1.29, 1.82) is 0 Å². The van der Waals surface area contributed by atoms with Gasteiger partial charge in [-0.1, -0.05) is 103 Å². The van der Waals surface area contributed by atoms with Crippen LogP contribution in [0, 0.1) is 0 Å². The Balaban J connectivity index is 1.44. The van der Waals surface area contributed by atoms with Crippen LogP contribution >= 0.6 is 11.3 Å². The van der Waals surface area contributed by atoms with Crippen LogP contribution in [0.3, 0.4) is 0 Å². The van der Waals surface area contributed by atoms with Crippen molar-refractivity contribution >= 4 is 75.1 Å². The van der Waals surface area contributed by atoms with E-state index in [4.69, 9.17) is 36.9 Å². The fourth-order valence-corrected chi connectivity index (χ4v) is 6.93. The third kappa shape index (κ3) is 3.57. The first-order valence-corrected chi connectivity index (χ1v) is 14.5. The van der Waals surface area contributed by atoms with Crippen LogP contribution in [-0.4, -0.2) is 24.1 Å². The lowest BCUT2D eigenvalue weighted by Crippen LogP contribution is -2.10. The molecule has 0 aliphatic heterocycles. The summed E-state index contributed by atoms with van der Waals surface area (Å²) in [5.74, 6) is -0.987. The highest BCUT2D eigenvalue weighted by Gasteiger charge is 2.20. The zero-order valence-electron chi connectivity index (χ0n) is 38.7. The maximum atomic E-state index is 9.09. The number of hydrogen-bond donors (Lipinski definition) is 0. The minimum atomic E-state index is -0.684. The Labute approximate surface area is 283 Å². The fourth-order valence-electron chi connectivity index (χ4n) is 5.79. The van der Waals surface area contributed by atoms with Crippen LogP contribution in [0.1, 0.15) is 21.9 Å². The normalized spacial score (nSPS) is 17.0. The van der Waals surface area contributed by atoms with E-state index in [2.05, 4.69) is 0 Å². The molecule has 210 valence electrons. The highest BCUT2D eigenvalue weighted by molar-refractivity contribution is 7.25. The second-order valence-electron chi connectivity index (χ2n) is 10.1. The molecule has 6 aromatic carbocycles. The van der Waals surface area contributed by atoms with E-state index >= 15 is 0 Å². The quantitative estimate of drug-likeness (QED) is 0.200. The zero-order chi connectivity index (χ0) is 43.4. The molecule has 0 amide bonds. The topological polar surface area (TPSA) is 48.5 Å². The van der Waals surface area contributed by atoms with Crippen LogP contribution in [0.2, 0.25) is 0 Å². The maximum Gasteiger partial charge on any atom is 0.240 e. The molecule has 0 bridgehead atoms. The average molecular weight is 610 g/mol. The van der Waals surface area contributed by atoms with E-state index in [0.717, 1.165) is 29.3 Å². The third-order valence-corrected chi connectivity index (χ3v) is 8.85. The molecule has 6 heteroatoms. The van der Waals surface area contributed by atoms with E-state index in [1.165, 1.54) is 11.3 Å². The van der Waals surface area contributed by atoms with Gasteiger partial charge in [-0.3, -0.25) is 9.13 Å². The molecule has 0 fully saturated rings. The van der Waals surface area contributed by atoms with Gasteiger partial charge in [0.1, 0.15) is 0 Å². The first-order valence-electron chi connectivity index (χ1n) is 21.7. The number of fused-ring (bicyclic) bond motifs is 9. The largest absolute Gasteiger partial charge is 0.278 e. The summed E-state index contributed by atoms with van der Waals surface area (Å²) >= 11 is 1.49. The number of thiophene rings is 1. The Morgan fingerprint density at radius 1 is 0.467 bits per heavy atom. The van der Waals surface area contributed by atoms with Crippen LogP contribution in [-0.2, 0) is 0 Å². The monoisotopic (exact) mass is 609 g/mol. The average Bonchev–Trinajstić information content (AvgIpc) is 3.94. The van der Waals surface area contributed by atoms with Gasteiger partial charge in [-0.2, -0.15) is 15.0 Å². The van der Waals surface area contributed by atoms with Crippen molar-refractivity contribution in [2.75, 3.05) is 0 Å². The standard InChI is InChI=1S/C39H23N5S/c1-6-16-31-25(11-1)26-12-2-7-17-32(26)43(31)38-40-37(24-21-22-30-29-15-5-10-20-35(29)45-36(30)23-24)41-39(42-38)44-33-18-8-3-13-27(33)28-14-4-9-19-34(28)44/h1-23H/i1D,2D,3D,4D,6D,7D,8D,9D,11D,12D,13D,14D,16D,17D,18D,19D. The number of nitrogens with zero attached hydrogens (tertiary/aromatic N) is 5. The fraction of sp³-hybridized carbons (Fsp3) is 0. The van der Waals surface area contributed by atoms with Crippen LogP contribution in [0.25, 0.3) is 87.1 Å². The summed E-state index contributed by atoms with van der Waals surface area (Å²) in [5.41, 5.74) is -0.841. The van der Waals surface area contributed by atoms with Gasteiger partial charge in [0.05, 0.1) is 44.0 Å². The van der Waals surface area contributed by atoms with Gasteiger partial charge in [-0.15, -0.1) is 11.3 Å². The second kappa shape index (κ2) is 9.32. The summed E-state index contributed by atoms with van der Waals surface area (Å²) in [5, 5.41) is 0.925. The van der Waals surface area contributed by atoms with Gasteiger partial charge in [0, 0.05) is 47.3 Å². The highest BCUT2D eigenvalue weighted by Crippen LogP contribution is 2.37. The predicted octanol–water partition coefficient (Wildman–Crippen LogP) is 10.1. The molecule has 0 radical (unpaired) electrons.